The van der Waals surface area contributed by atoms with E-state index < -0.39 is 23.7 Å². The van der Waals surface area contributed by atoms with Gasteiger partial charge in [-0.2, -0.15) is 0 Å². The predicted molar refractivity (Wildman–Crippen MR) is 108 cm³/mol. The number of fused-ring (bicyclic) bond motifs is 1. The molecule has 0 saturated carbocycles. The van der Waals surface area contributed by atoms with E-state index >= 15 is 0 Å². The zero-order valence-electron chi connectivity index (χ0n) is 14.2. The van der Waals surface area contributed by atoms with Crippen molar-refractivity contribution in [3.8, 4) is 0 Å². The van der Waals surface area contributed by atoms with Gasteiger partial charge in [-0.05, 0) is 57.3 Å². The number of carbonyl (C=O) groups excluding carboxylic acids is 1. The van der Waals surface area contributed by atoms with E-state index in [9.17, 15) is 19.1 Å². The lowest BCUT2D eigenvalue weighted by Crippen LogP contribution is -2.43. The van der Waals surface area contributed by atoms with Crippen molar-refractivity contribution in [2.45, 2.75) is 18.9 Å². The number of hydrogen-bond donors (Lipinski definition) is 2. The Morgan fingerprint density at radius 1 is 1.15 bits per heavy atom. The van der Waals surface area contributed by atoms with Crippen molar-refractivity contribution in [2.24, 2.45) is 0 Å². The number of pyridine rings is 1. The van der Waals surface area contributed by atoms with E-state index in [4.69, 9.17) is 0 Å². The Morgan fingerprint density at radius 2 is 1.93 bits per heavy atom. The Morgan fingerprint density at radius 3 is 2.70 bits per heavy atom. The first-order valence-electron chi connectivity index (χ1n) is 8.22. The van der Waals surface area contributed by atoms with Crippen LogP contribution < -0.4 is 5.32 Å². The van der Waals surface area contributed by atoms with Gasteiger partial charge < -0.3 is 10.4 Å². The topological polar surface area (TPSA) is 79.3 Å². The maximum Gasteiger partial charge on any atom is 0.326 e. The molecule has 3 aromatic rings. The molecule has 3 rings (SSSR count). The van der Waals surface area contributed by atoms with Crippen LogP contribution in [-0.4, -0.2) is 28.0 Å². The minimum absolute atomic E-state index is 0.00700. The molecule has 0 aliphatic heterocycles. The molecule has 27 heavy (non-hydrogen) atoms. The lowest BCUT2D eigenvalue weighted by atomic mass is 10.0. The summed E-state index contributed by atoms with van der Waals surface area (Å²) in [5.74, 6) is -2.15. The van der Waals surface area contributed by atoms with Crippen LogP contribution >= 0.6 is 22.6 Å². The Labute approximate surface area is 168 Å². The third-order valence-electron chi connectivity index (χ3n) is 4.17. The van der Waals surface area contributed by atoms with E-state index in [0.717, 1.165) is 14.3 Å². The summed E-state index contributed by atoms with van der Waals surface area (Å²) in [6.45, 7) is 0. The number of benzene rings is 2. The molecule has 1 aromatic heterocycles. The molecule has 0 saturated heterocycles. The van der Waals surface area contributed by atoms with E-state index in [0.29, 0.717) is 5.56 Å². The Balaban J connectivity index is 1.75. The fourth-order valence-corrected chi connectivity index (χ4v) is 3.41. The van der Waals surface area contributed by atoms with Crippen LogP contribution in [0.25, 0.3) is 10.8 Å². The molecule has 0 bridgehead atoms. The van der Waals surface area contributed by atoms with E-state index in [1.54, 1.807) is 24.5 Å². The quantitative estimate of drug-likeness (QED) is 0.533. The van der Waals surface area contributed by atoms with E-state index in [1.165, 1.54) is 6.07 Å². The summed E-state index contributed by atoms with van der Waals surface area (Å²) in [5.41, 5.74) is 0.955. The molecule has 0 radical (unpaired) electrons. The molecule has 0 spiro atoms. The number of aliphatic carboxylic acids is 1. The van der Waals surface area contributed by atoms with Crippen LogP contribution in [0.5, 0.6) is 0 Å². The van der Waals surface area contributed by atoms with Crippen LogP contribution in [0.3, 0.4) is 0 Å². The van der Waals surface area contributed by atoms with Crippen LogP contribution in [0.2, 0.25) is 0 Å². The third-order valence-corrected chi connectivity index (χ3v) is 4.84. The second kappa shape index (κ2) is 8.43. The molecule has 2 N–H and O–H groups in total. The van der Waals surface area contributed by atoms with Crippen LogP contribution in [0.15, 0.2) is 54.9 Å². The number of carboxylic acid groups (broad SMARTS) is 1. The van der Waals surface area contributed by atoms with Crippen molar-refractivity contribution >= 4 is 45.2 Å². The highest BCUT2D eigenvalue weighted by Gasteiger charge is 2.22. The molecular weight excluding hydrogens is 462 g/mol. The summed E-state index contributed by atoms with van der Waals surface area (Å²) in [6, 6.07) is 10.8. The van der Waals surface area contributed by atoms with Gasteiger partial charge >= 0.3 is 5.97 Å². The molecular formula is C20H16FIN2O3. The molecule has 138 valence electrons. The maximum absolute atomic E-state index is 13.9. The number of nitrogens with zero attached hydrogens (tertiary/aromatic N) is 1. The van der Waals surface area contributed by atoms with Crippen molar-refractivity contribution in [3.63, 3.8) is 0 Å². The number of nitrogens with one attached hydrogen (secondary N) is 1. The molecule has 1 atom stereocenters. The van der Waals surface area contributed by atoms with Gasteiger partial charge in [0.1, 0.15) is 11.9 Å². The maximum atomic E-state index is 13.9. The van der Waals surface area contributed by atoms with Crippen LogP contribution in [0, 0.1) is 9.39 Å². The minimum Gasteiger partial charge on any atom is -0.480 e. The SMILES string of the molecule is O=C(Cc1cncc2ccccc12)NC(Cc1cc(I)ccc1F)C(=O)O. The number of rotatable bonds is 6. The third kappa shape index (κ3) is 4.79. The van der Waals surface area contributed by atoms with Crippen molar-refractivity contribution in [3.05, 3.63) is 75.4 Å². The molecule has 1 heterocycles. The summed E-state index contributed by atoms with van der Waals surface area (Å²) < 4.78 is 14.7. The highest BCUT2D eigenvalue weighted by atomic mass is 127. The molecule has 7 heteroatoms. The van der Waals surface area contributed by atoms with Crippen LogP contribution in [0.1, 0.15) is 11.1 Å². The summed E-state index contributed by atoms with van der Waals surface area (Å²) >= 11 is 2.03. The normalized spacial score (nSPS) is 11.9. The average Bonchev–Trinajstić information content (AvgIpc) is 2.64. The van der Waals surface area contributed by atoms with Crippen LogP contribution in [-0.2, 0) is 22.4 Å². The summed E-state index contributed by atoms with van der Waals surface area (Å²) in [5, 5.41) is 13.7. The number of carboxylic acids is 1. The average molecular weight is 478 g/mol. The lowest BCUT2D eigenvalue weighted by Gasteiger charge is -2.16. The van der Waals surface area contributed by atoms with Gasteiger partial charge in [-0.15, -0.1) is 0 Å². The monoisotopic (exact) mass is 478 g/mol. The van der Waals surface area contributed by atoms with Gasteiger partial charge in [0, 0.05) is 27.8 Å². The Kier molecular flexibility index (Phi) is 6.00. The van der Waals surface area contributed by atoms with E-state index in [1.807, 2.05) is 46.9 Å². The van der Waals surface area contributed by atoms with Crippen molar-refractivity contribution in [2.75, 3.05) is 0 Å². The van der Waals surface area contributed by atoms with Gasteiger partial charge in [-0.3, -0.25) is 9.78 Å². The fraction of sp³-hybridized carbons (Fsp3) is 0.150. The Hall–Kier alpha value is -2.55. The first-order chi connectivity index (χ1) is 12.9. The fourth-order valence-electron chi connectivity index (χ4n) is 2.86. The smallest absolute Gasteiger partial charge is 0.326 e. The van der Waals surface area contributed by atoms with Gasteiger partial charge in [0.15, 0.2) is 0 Å². The zero-order chi connectivity index (χ0) is 19.4. The number of aromatic nitrogens is 1. The Bertz CT molecular complexity index is 1000. The minimum atomic E-state index is -1.21. The molecule has 0 aliphatic rings. The number of halogens is 2. The van der Waals surface area contributed by atoms with Gasteiger partial charge in [0.25, 0.3) is 0 Å². The van der Waals surface area contributed by atoms with E-state index in [-0.39, 0.29) is 18.4 Å². The standard InChI is InChI=1S/C20H16FIN2O3/c21-17-6-5-15(22)7-13(17)8-18(20(26)27)24-19(25)9-14-11-23-10-12-3-1-2-4-16(12)14/h1-7,10-11,18H,8-9H2,(H,24,25)(H,26,27). The highest BCUT2D eigenvalue weighted by Crippen LogP contribution is 2.18. The molecule has 5 nitrogen and oxygen atoms in total. The zero-order valence-corrected chi connectivity index (χ0v) is 16.3. The largest absolute Gasteiger partial charge is 0.480 e. The van der Waals surface area contributed by atoms with Crippen molar-refractivity contribution in [1.29, 1.82) is 0 Å². The molecule has 1 unspecified atom stereocenters. The number of hydrogen-bond acceptors (Lipinski definition) is 3. The van der Waals surface area contributed by atoms with Gasteiger partial charge in [-0.1, -0.05) is 24.3 Å². The first-order valence-corrected chi connectivity index (χ1v) is 9.29. The van der Waals surface area contributed by atoms with E-state index in [2.05, 4.69) is 10.3 Å². The summed E-state index contributed by atoms with van der Waals surface area (Å²) in [6.07, 6.45) is 3.16. The lowest BCUT2D eigenvalue weighted by molar-refractivity contribution is -0.141. The molecule has 0 fully saturated rings. The first kappa shape index (κ1) is 19.2. The molecule has 0 aliphatic carbocycles. The summed E-state index contributed by atoms with van der Waals surface area (Å²) in [7, 11) is 0. The van der Waals surface area contributed by atoms with Gasteiger partial charge in [0.05, 0.1) is 6.42 Å². The number of amides is 1. The summed E-state index contributed by atoms with van der Waals surface area (Å²) in [4.78, 5) is 28.1. The van der Waals surface area contributed by atoms with Crippen LogP contribution in [0.4, 0.5) is 4.39 Å². The predicted octanol–water partition coefficient (Wildman–Crippen LogP) is 3.33. The van der Waals surface area contributed by atoms with Crippen molar-refractivity contribution < 1.29 is 19.1 Å². The highest BCUT2D eigenvalue weighted by molar-refractivity contribution is 14.1. The van der Waals surface area contributed by atoms with Gasteiger partial charge in [0.2, 0.25) is 5.91 Å². The molecule has 2 aromatic carbocycles. The molecule has 1 amide bonds. The second-order valence-electron chi connectivity index (χ2n) is 6.09. The second-order valence-corrected chi connectivity index (χ2v) is 7.34. The van der Waals surface area contributed by atoms with Crippen molar-refractivity contribution in [1.82, 2.24) is 10.3 Å². The van der Waals surface area contributed by atoms with Gasteiger partial charge in [-0.25, -0.2) is 9.18 Å². The number of carbonyl (C=O) groups is 2.